The van der Waals surface area contributed by atoms with E-state index in [0.717, 1.165) is 19.5 Å². The zero-order valence-electron chi connectivity index (χ0n) is 9.82. The summed E-state index contributed by atoms with van der Waals surface area (Å²) in [5, 5.41) is 0. The van der Waals surface area contributed by atoms with E-state index < -0.39 is 0 Å². The van der Waals surface area contributed by atoms with E-state index in [0.29, 0.717) is 6.04 Å². The lowest BCUT2D eigenvalue weighted by Crippen LogP contribution is -2.34. The predicted octanol–water partition coefficient (Wildman–Crippen LogP) is 2.25. The second-order valence-electron chi connectivity index (χ2n) is 4.23. The predicted molar refractivity (Wildman–Crippen MR) is 65.7 cm³/mol. The normalized spacial score (nSPS) is 13.1. The number of nitrogens with zero attached hydrogens (tertiary/aromatic N) is 1. The SMILES string of the molecule is CCC[C@@H](N)CN(C)Cc1ccccc1. The van der Waals surface area contributed by atoms with E-state index in [-0.39, 0.29) is 0 Å². The number of hydrogen-bond donors (Lipinski definition) is 1. The summed E-state index contributed by atoms with van der Waals surface area (Å²) in [5.41, 5.74) is 7.35. The zero-order valence-corrected chi connectivity index (χ0v) is 9.82. The third-order valence-corrected chi connectivity index (χ3v) is 2.50. The van der Waals surface area contributed by atoms with E-state index in [9.17, 15) is 0 Å². The smallest absolute Gasteiger partial charge is 0.0231 e. The van der Waals surface area contributed by atoms with Crippen LogP contribution in [0.1, 0.15) is 25.3 Å². The molecule has 0 saturated heterocycles. The van der Waals surface area contributed by atoms with Crippen LogP contribution in [0, 0.1) is 0 Å². The first-order valence-electron chi connectivity index (χ1n) is 5.70. The van der Waals surface area contributed by atoms with E-state index in [1.165, 1.54) is 12.0 Å². The fourth-order valence-corrected chi connectivity index (χ4v) is 1.82. The van der Waals surface area contributed by atoms with Crippen molar-refractivity contribution in [3.05, 3.63) is 35.9 Å². The molecule has 1 aromatic carbocycles. The maximum atomic E-state index is 6.00. The molecule has 1 aromatic rings. The fourth-order valence-electron chi connectivity index (χ4n) is 1.82. The molecule has 0 bridgehead atoms. The Balaban J connectivity index is 2.33. The van der Waals surface area contributed by atoms with Crippen molar-refractivity contribution >= 4 is 0 Å². The number of rotatable bonds is 6. The van der Waals surface area contributed by atoms with Crippen LogP contribution < -0.4 is 5.73 Å². The van der Waals surface area contributed by atoms with Gasteiger partial charge in [0, 0.05) is 19.1 Å². The molecule has 0 saturated carbocycles. The van der Waals surface area contributed by atoms with Crippen molar-refractivity contribution in [2.45, 2.75) is 32.4 Å². The molecule has 1 rings (SSSR count). The molecular weight excluding hydrogens is 184 g/mol. The number of benzene rings is 1. The van der Waals surface area contributed by atoms with Gasteiger partial charge in [-0.2, -0.15) is 0 Å². The van der Waals surface area contributed by atoms with Gasteiger partial charge in [0.25, 0.3) is 0 Å². The largest absolute Gasteiger partial charge is 0.327 e. The van der Waals surface area contributed by atoms with Crippen LogP contribution in [0.4, 0.5) is 0 Å². The highest BCUT2D eigenvalue weighted by Crippen LogP contribution is 2.04. The molecule has 0 aliphatic heterocycles. The Labute approximate surface area is 93.1 Å². The van der Waals surface area contributed by atoms with Gasteiger partial charge in [-0.3, -0.25) is 0 Å². The molecule has 2 N–H and O–H groups in total. The number of hydrogen-bond acceptors (Lipinski definition) is 2. The second-order valence-corrected chi connectivity index (χ2v) is 4.23. The summed E-state index contributed by atoms with van der Waals surface area (Å²) in [7, 11) is 2.13. The van der Waals surface area contributed by atoms with Gasteiger partial charge < -0.3 is 10.6 Å². The molecule has 0 unspecified atom stereocenters. The third-order valence-electron chi connectivity index (χ3n) is 2.50. The summed E-state index contributed by atoms with van der Waals surface area (Å²) in [6, 6.07) is 10.8. The first-order chi connectivity index (χ1) is 7.22. The van der Waals surface area contributed by atoms with E-state index in [4.69, 9.17) is 5.73 Å². The van der Waals surface area contributed by atoms with Gasteiger partial charge in [0.1, 0.15) is 0 Å². The highest BCUT2D eigenvalue weighted by Gasteiger charge is 2.05. The maximum absolute atomic E-state index is 6.00. The van der Waals surface area contributed by atoms with Crippen LogP contribution in [0.3, 0.4) is 0 Å². The van der Waals surface area contributed by atoms with Crippen molar-refractivity contribution in [2.24, 2.45) is 5.73 Å². The van der Waals surface area contributed by atoms with Gasteiger partial charge in [0.15, 0.2) is 0 Å². The average Bonchev–Trinajstić information content (AvgIpc) is 2.19. The van der Waals surface area contributed by atoms with Crippen LogP contribution in [-0.2, 0) is 6.54 Å². The van der Waals surface area contributed by atoms with E-state index in [2.05, 4.69) is 43.1 Å². The molecule has 2 nitrogen and oxygen atoms in total. The van der Waals surface area contributed by atoms with Crippen molar-refractivity contribution in [1.82, 2.24) is 4.90 Å². The molecule has 0 amide bonds. The van der Waals surface area contributed by atoms with Gasteiger partial charge in [0.05, 0.1) is 0 Å². The summed E-state index contributed by atoms with van der Waals surface area (Å²) in [4.78, 5) is 2.29. The van der Waals surface area contributed by atoms with Crippen LogP contribution >= 0.6 is 0 Å². The van der Waals surface area contributed by atoms with E-state index in [1.807, 2.05) is 6.07 Å². The minimum Gasteiger partial charge on any atom is -0.327 e. The van der Waals surface area contributed by atoms with Crippen LogP contribution in [0.5, 0.6) is 0 Å². The fraction of sp³-hybridized carbons (Fsp3) is 0.538. The molecule has 15 heavy (non-hydrogen) atoms. The summed E-state index contributed by atoms with van der Waals surface area (Å²) < 4.78 is 0. The van der Waals surface area contributed by atoms with Gasteiger partial charge in [-0.25, -0.2) is 0 Å². The summed E-state index contributed by atoms with van der Waals surface area (Å²) in [6.07, 6.45) is 2.28. The highest BCUT2D eigenvalue weighted by atomic mass is 15.1. The van der Waals surface area contributed by atoms with Crippen LogP contribution in [0.2, 0.25) is 0 Å². The minimum atomic E-state index is 0.309. The number of likely N-dealkylation sites (N-methyl/N-ethyl adjacent to an activating group) is 1. The Bertz CT molecular complexity index is 258. The molecule has 0 fully saturated rings. The second kappa shape index (κ2) is 6.59. The lowest BCUT2D eigenvalue weighted by molar-refractivity contribution is 0.297. The topological polar surface area (TPSA) is 29.3 Å². The average molecular weight is 206 g/mol. The standard InChI is InChI=1S/C13H22N2/c1-3-7-13(14)11-15(2)10-12-8-5-4-6-9-12/h4-6,8-9,13H,3,7,10-11,14H2,1-2H3/t13-/m1/s1. The van der Waals surface area contributed by atoms with Crippen molar-refractivity contribution < 1.29 is 0 Å². The molecule has 0 aromatic heterocycles. The van der Waals surface area contributed by atoms with Crippen LogP contribution in [0.15, 0.2) is 30.3 Å². The summed E-state index contributed by atoms with van der Waals surface area (Å²) >= 11 is 0. The first-order valence-corrected chi connectivity index (χ1v) is 5.70. The van der Waals surface area contributed by atoms with Gasteiger partial charge in [0.2, 0.25) is 0 Å². The van der Waals surface area contributed by atoms with Gasteiger partial charge in [-0.15, -0.1) is 0 Å². The molecule has 1 atom stereocenters. The van der Waals surface area contributed by atoms with Crippen molar-refractivity contribution in [1.29, 1.82) is 0 Å². The van der Waals surface area contributed by atoms with Crippen molar-refractivity contribution in [3.8, 4) is 0 Å². The molecule has 2 heteroatoms. The Morgan fingerprint density at radius 3 is 2.53 bits per heavy atom. The van der Waals surface area contributed by atoms with Crippen LogP contribution in [-0.4, -0.2) is 24.5 Å². The highest BCUT2D eigenvalue weighted by molar-refractivity contribution is 5.14. The van der Waals surface area contributed by atoms with E-state index in [1.54, 1.807) is 0 Å². The first kappa shape index (κ1) is 12.2. The van der Waals surface area contributed by atoms with Gasteiger partial charge in [-0.1, -0.05) is 43.7 Å². The monoisotopic (exact) mass is 206 g/mol. The Kier molecular flexibility index (Phi) is 5.37. The Hall–Kier alpha value is -0.860. The van der Waals surface area contributed by atoms with E-state index >= 15 is 0 Å². The van der Waals surface area contributed by atoms with Crippen molar-refractivity contribution in [3.63, 3.8) is 0 Å². The summed E-state index contributed by atoms with van der Waals surface area (Å²) in [5.74, 6) is 0. The lowest BCUT2D eigenvalue weighted by Gasteiger charge is -2.20. The molecule has 0 aliphatic carbocycles. The van der Waals surface area contributed by atoms with Crippen LogP contribution in [0.25, 0.3) is 0 Å². The third kappa shape index (κ3) is 4.96. The summed E-state index contributed by atoms with van der Waals surface area (Å²) in [6.45, 7) is 4.14. The number of nitrogens with two attached hydrogens (primary N) is 1. The maximum Gasteiger partial charge on any atom is 0.0231 e. The minimum absolute atomic E-state index is 0.309. The van der Waals surface area contributed by atoms with Gasteiger partial charge in [-0.05, 0) is 19.0 Å². The molecule has 0 spiro atoms. The molecule has 0 heterocycles. The molecule has 0 radical (unpaired) electrons. The van der Waals surface area contributed by atoms with Crippen molar-refractivity contribution in [2.75, 3.05) is 13.6 Å². The van der Waals surface area contributed by atoms with Gasteiger partial charge >= 0.3 is 0 Å². The molecule has 84 valence electrons. The lowest BCUT2D eigenvalue weighted by atomic mass is 10.1. The zero-order chi connectivity index (χ0) is 11.1. The molecular formula is C13H22N2. The Morgan fingerprint density at radius 2 is 1.93 bits per heavy atom. The quantitative estimate of drug-likeness (QED) is 0.773. The molecule has 0 aliphatic rings. The Morgan fingerprint density at radius 1 is 1.27 bits per heavy atom.